The van der Waals surface area contributed by atoms with Crippen LogP contribution in [0, 0.1) is 17.1 Å². The number of nitrogens with zero attached hydrogens (tertiary/aromatic N) is 3. The van der Waals surface area contributed by atoms with Crippen molar-refractivity contribution in [3.8, 4) is 17.2 Å². The first-order valence-corrected chi connectivity index (χ1v) is 9.41. The number of nitriles is 1. The molecule has 2 aromatic heterocycles. The molecule has 0 aliphatic rings. The molecule has 27 heavy (non-hydrogen) atoms. The fourth-order valence-electron chi connectivity index (χ4n) is 2.92. The van der Waals surface area contributed by atoms with Crippen molar-refractivity contribution >= 4 is 20.9 Å². The third-order valence-corrected chi connectivity index (χ3v) is 5.98. The van der Waals surface area contributed by atoms with E-state index in [1.54, 1.807) is 36.5 Å². The second-order valence-corrected chi connectivity index (χ2v) is 7.69. The maximum absolute atomic E-state index is 13.1. The topological polar surface area (TPSA) is 75.8 Å². The summed E-state index contributed by atoms with van der Waals surface area (Å²) in [4.78, 5) is 4.17. The van der Waals surface area contributed by atoms with E-state index in [1.807, 2.05) is 0 Å². The molecule has 0 aliphatic heterocycles. The van der Waals surface area contributed by atoms with Crippen molar-refractivity contribution in [2.24, 2.45) is 0 Å². The first-order valence-electron chi connectivity index (χ1n) is 7.97. The van der Waals surface area contributed by atoms with Gasteiger partial charge in [-0.2, -0.15) is 5.26 Å². The van der Waals surface area contributed by atoms with E-state index >= 15 is 0 Å². The van der Waals surface area contributed by atoms with Crippen LogP contribution in [0.1, 0.15) is 5.56 Å². The van der Waals surface area contributed by atoms with E-state index < -0.39 is 15.8 Å². The van der Waals surface area contributed by atoms with E-state index in [-0.39, 0.29) is 4.90 Å². The molecule has 4 aromatic rings. The zero-order valence-electron chi connectivity index (χ0n) is 13.9. The molecule has 0 aliphatic carbocycles. The van der Waals surface area contributed by atoms with Gasteiger partial charge in [0.05, 0.1) is 28.2 Å². The van der Waals surface area contributed by atoms with Gasteiger partial charge in [-0.05, 0) is 48.0 Å². The number of aromatic nitrogens is 2. The molecule has 132 valence electrons. The minimum absolute atomic E-state index is 0.00910. The summed E-state index contributed by atoms with van der Waals surface area (Å²) in [5, 5.41) is 9.64. The number of rotatable bonds is 3. The molecule has 0 unspecified atom stereocenters. The lowest BCUT2D eigenvalue weighted by atomic mass is 10.0. The van der Waals surface area contributed by atoms with E-state index in [2.05, 4.69) is 11.1 Å². The van der Waals surface area contributed by atoms with Crippen LogP contribution in [0.25, 0.3) is 22.0 Å². The zero-order valence-corrected chi connectivity index (χ0v) is 14.7. The fraction of sp³-hybridized carbons (Fsp3) is 0. The SMILES string of the molecule is N#Cc1ccc(-c2cncc3c2ccn3S(=O)(=O)c2ccc(F)cc2)cc1. The second kappa shape index (κ2) is 6.34. The van der Waals surface area contributed by atoms with Crippen LogP contribution < -0.4 is 0 Å². The van der Waals surface area contributed by atoms with Gasteiger partial charge in [0.1, 0.15) is 5.82 Å². The highest BCUT2D eigenvalue weighted by molar-refractivity contribution is 7.90. The molecule has 2 aromatic carbocycles. The van der Waals surface area contributed by atoms with Crippen LogP contribution in [-0.2, 0) is 10.0 Å². The summed E-state index contributed by atoms with van der Waals surface area (Å²) in [6.07, 6.45) is 4.58. The van der Waals surface area contributed by atoms with Crippen LogP contribution in [0.15, 0.2) is 78.1 Å². The smallest absolute Gasteiger partial charge is 0.262 e. The van der Waals surface area contributed by atoms with E-state index in [4.69, 9.17) is 5.26 Å². The van der Waals surface area contributed by atoms with E-state index in [0.29, 0.717) is 16.5 Å². The summed E-state index contributed by atoms with van der Waals surface area (Å²) in [6.45, 7) is 0. The van der Waals surface area contributed by atoms with E-state index in [9.17, 15) is 12.8 Å². The summed E-state index contributed by atoms with van der Waals surface area (Å²) in [7, 11) is -3.88. The molecule has 5 nitrogen and oxygen atoms in total. The third-order valence-electron chi connectivity index (χ3n) is 4.28. The highest BCUT2D eigenvalue weighted by Crippen LogP contribution is 2.30. The normalized spacial score (nSPS) is 11.4. The lowest BCUT2D eigenvalue weighted by Gasteiger charge is -2.08. The molecule has 0 bridgehead atoms. The molecule has 0 saturated heterocycles. The predicted molar refractivity (Wildman–Crippen MR) is 98.9 cm³/mol. The molecule has 0 N–H and O–H groups in total. The highest BCUT2D eigenvalue weighted by Gasteiger charge is 2.20. The number of hydrogen-bond donors (Lipinski definition) is 0. The zero-order chi connectivity index (χ0) is 19.0. The standard InChI is InChI=1S/C20H12FN3O2S/c21-16-5-7-17(8-6-16)27(25,26)24-10-9-18-19(12-23-13-20(18)24)15-3-1-14(11-22)2-4-15/h1-10,12-13H. The Balaban J connectivity index is 1.87. The van der Waals surface area contributed by atoms with E-state index in [1.165, 1.54) is 24.5 Å². The van der Waals surface area contributed by atoms with Crippen molar-refractivity contribution in [1.82, 2.24) is 8.96 Å². The third kappa shape index (κ3) is 2.86. The Kier molecular flexibility index (Phi) is 3.98. The quantitative estimate of drug-likeness (QED) is 0.542. The maximum Gasteiger partial charge on any atom is 0.268 e. The predicted octanol–water partition coefficient (Wildman–Crippen LogP) is 3.95. The van der Waals surface area contributed by atoms with Crippen LogP contribution in [0.3, 0.4) is 0 Å². The summed E-state index contributed by atoms with van der Waals surface area (Å²) in [5.41, 5.74) is 2.53. The van der Waals surface area contributed by atoms with Gasteiger partial charge in [-0.15, -0.1) is 0 Å². The number of pyridine rings is 1. The lowest BCUT2D eigenvalue weighted by molar-refractivity contribution is 0.588. The van der Waals surface area contributed by atoms with Crippen LogP contribution >= 0.6 is 0 Å². The number of hydrogen-bond acceptors (Lipinski definition) is 4. The molecule has 0 radical (unpaired) electrons. The molecule has 0 fully saturated rings. The molecule has 4 rings (SSSR count). The van der Waals surface area contributed by atoms with Crippen LogP contribution in [0.4, 0.5) is 4.39 Å². The molecule has 7 heteroatoms. The Labute approximate surface area is 155 Å². The van der Waals surface area contributed by atoms with Crippen molar-refractivity contribution in [3.63, 3.8) is 0 Å². The van der Waals surface area contributed by atoms with Gasteiger partial charge in [0.15, 0.2) is 0 Å². The van der Waals surface area contributed by atoms with Crippen molar-refractivity contribution in [3.05, 3.63) is 84.6 Å². The number of benzene rings is 2. The Bertz CT molecular complexity index is 1290. The molecule has 0 atom stereocenters. The minimum Gasteiger partial charge on any atom is -0.262 e. The second-order valence-electron chi connectivity index (χ2n) is 5.88. The molecule has 0 spiro atoms. The Morgan fingerprint density at radius 3 is 2.33 bits per heavy atom. The summed E-state index contributed by atoms with van der Waals surface area (Å²) >= 11 is 0. The van der Waals surface area contributed by atoms with Gasteiger partial charge in [0.25, 0.3) is 10.0 Å². The highest BCUT2D eigenvalue weighted by atomic mass is 32.2. The lowest BCUT2D eigenvalue weighted by Crippen LogP contribution is -2.11. The van der Waals surface area contributed by atoms with Gasteiger partial charge in [-0.3, -0.25) is 4.98 Å². The Morgan fingerprint density at radius 2 is 1.67 bits per heavy atom. The van der Waals surface area contributed by atoms with Crippen molar-refractivity contribution in [1.29, 1.82) is 5.26 Å². The van der Waals surface area contributed by atoms with Gasteiger partial charge in [0.2, 0.25) is 0 Å². The average Bonchev–Trinajstić information content (AvgIpc) is 3.13. The summed E-state index contributed by atoms with van der Waals surface area (Å²) in [6, 6.07) is 15.4. The molecular weight excluding hydrogens is 365 g/mol. The first-order chi connectivity index (χ1) is 13.0. The molecule has 0 amide bonds. The number of halogens is 1. The van der Waals surface area contributed by atoms with Gasteiger partial charge in [-0.25, -0.2) is 16.8 Å². The van der Waals surface area contributed by atoms with Crippen LogP contribution in [0.2, 0.25) is 0 Å². The van der Waals surface area contributed by atoms with Gasteiger partial charge in [-0.1, -0.05) is 12.1 Å². The van der Waals surface area contributed by atoms with Gasteiger partial charge in [0, 0.05) is 23.3 Å². The maximum atomic E-state index is 13.1. The van der Waals surface area contributed by atoms with Crippen LogP contribution in [0.5, 0.6) is 0 Å². The van der Waals surface area contributed by atoms with Gasteiger partial charge < -0.3 is 0 Å². The Morgan fingerprint density at radius 1 is 0.963 bits per heavy atom. The molecular formula is C20H12FN3O2S. The van der Waals surface area contributed by atoms with Crippen molar-refractivity contribution in [2.45, 2.75) is 4.90 Å². The minimum atomic E-state index is -3.88. The van der Waals surface area contributed by atoms with Crippen molar-refractivity contribution in [2.75, 3.05) is 0 Å². The van der Waals surface area contributed by atoms with Crippen molar-refractivity contribution < 1.29 is 12.8 Å². The summed E-state index contributed by atoms with van der Waals surface area (Å²) < 4.78 is 40.1. The fourth-order valence-corrected chi connectivity index (χ4v) is 4.25. The van der Waals surface area contributed by atoms with E-state index in [0.717, 1.165) is 27.2 Å². The molecule has 2 heterocycles. The number of fused-ring (bicyclic) bond motifs is 1. The first kappa shape index (κ1) is 16.9. The monoisotopic (exact) mass is 377 g/mol. The Hall–Kier alpha value is -3.50. The molecule has 0 saturated carbocycles. The van der Waals surface area contributed by atoms with Gasteiger partial charge >= 0.3 is 0 Å². The van der Waals surface area contributed by atoms with Crippen LogP contribution in [-0.4, -0.2) is 17.4 Å². The largest absolute Gasteiger partial charge is 0.268 e. The average molecular weight is 377 g/mol. The summed E-state index contributed by atoms with van der Waals surface area (Å²) in [5.74, 6) is -0.504.